The molecule has 0 saturated carbocycles. The molecule has 0 bridgehead atoms. The molecular formula is C21H20N6O3. The summed E-state index contributed by atoms with van der Waals surface area (Å²) < 4.78 is 13.0. The molecule has 0 aliphatic carbocycles. The molecule has 1 aliphatic heterocycles. The zero-order chi connectivity index (χ0) is 20.3. The van der Waals surface area contributed by atoms with Crippen molar-refractivity contribution in [3.8, 4) is 11.5 Å². The second-order valence-corrected chi connectivity index (χ2v) is 7.36. The minimum Gasteiger partial charge on any atom is -0.454 e. The van der Waals surface area contributed by atoms with Gasteiger partial charge in [0.25, 0.3) is 11.8 Å². The van der Waals surface area contributed by atoms with Gasteiger partial charge in [-0.2, -0.15) is 4.98 Å². The largest absolute Gasteiger partial charge is 0.454 e. The summed E-state index contributed by atoms with van der Waals surface area (Å²) in [6, 6.07) is 7.23. The minimum atomic E-state index is -0.0834. The summed E-state index contributed by atoms with van der Waals surface area (Å²) in [6.07, 6.45) is 10.2. The Balaban J connectivity index is 1.18. The number of carbonyl (C=O) groups excluding carboxylic acids is 1. The van der Waals surface area contributed by atoms with Gasteiger partial charge in [0.1, 0.15) is 5.76 Å². The first-order valence-corrected chi connectivity index (χ1v) is 9.81. The van der Waals surface area contributed by atoms with Gasteiger partial charge in [-0.3, -0.25) is 9.78 Å². The molecule has 1 fully saturated rings. The molecule has 0 aromatic carbocycles. The zero-order valence-corrected chi connectivity index (χ0v) is 16.2. The smallest absolute Gasteiger partial charge is 0.289 e. The van der Waals surface area contributed by atoms with E-state index in [-0.39, 0.29) is 11.8 Å². The van der Waals surface area contributed by atoms with Gasteiger partial charge in [0.2, 0.25) is 0 Å². The van der Waals surface area contributed by atoms with E-state index in [0.717, 1.165) is 17.7 Å². The molecule has 4 aromatic rings. The third-order valence-electron chi connectivity index (χ3n) is 5.21. The highest BCUT2D eigenvalue weighted by Crippen LogP contribution is 2.24. The normalized spacial score (nSPS) is 16.3. The van der Waals surface area contributed by atoms with Crippen LogP contribution in [0.4, 0.5) is 0 Å². The van der Waals surface area contributed by atoms with Crippen molar-refractivity contribution in [2.45, 2.75) is 19.4 Å². The Morgan fingerprint density at radius 1 is 1.13 bits per heavy atom. The summed E-state index contributed by atoms with van der Waals surface area (Å²) >= 11 is 0. The van der Waals surface area contributed by atoms with Crippen molar-refractivity contribution >= 4 is 5.91 Å². The Morgan fingerprint density at radius 2 is 2.03 bits per heavy atom. The number of carbonyl (C=O) groups is 1. The third kappa shape index (κ3) is 3.86. The van der Waals surface area contributed by atoms with Crippen molar-refractivity contribution in [2.24, 2.45) is 5.92 Å². The summed E-state index contributed by atoms with van der Waals surface area (Å²) in [5.74, 6) is 2.44. The monoisotopic (exact) mass is 404 g/mol. The number of pyridine rings is 1. The van der Waals surface area contributed by atoms with Crippen LogP contribution in [0.2, 0.25) is 0 Å². The second-order valence-electron chi connectivity index (χ2n) is 7.36. The van der Waals surface area contributed by atoms with Gasteiger partial charge in [-0.15, -0.1) is 0 Å². The van der Waals surface area contributed by atoms with E-state index in [1.807, 2.05) is 33.9 Å². The van der Waals surface area contributed by atoms with E-state index in [2.05, 4.69) is 20.1 Å². The quantitative estimate of drug-likeness (QED) is 0.487. The fraction of sp³-hybridized carbons (Fsp3) is 0.286. The van der Waals surface area contributed by atoms with E-state index in [1.54, 1.807) is 31.0 Å². The average Bonchev–Trinajstić information content (AvgIpc) is 3.57. The van der Waals surface area contributed by atoms with Crippen LogP contribution < -0.4 is 0 Å². The van der Waals surface area contributed by atoms with Crippen LogP contribution in [-0.2, 0) is 13.0 Å². The van der Waals surface area contributed by atoms with Gasteiger partial charge in [0.15, 0.2) is 11.6 Å². The van der Waals surface area contributed by atoms with E-state index >= 15 is 0 Å². The lowest BCUT2D eigenvalue weighted by Crippen LogP contribution is -2.28. The average molecular weight is 404 g/mol. The van der Waals surface area contributed by atoms with E-state index in [1.165, 1.54) is 0 Å². The van der Waals surface area contributed by atoms with Crippen LogP contribution in [0.5, 0.6) is 0 Å². The number of nitrogens with zero attached hydrogens (tertiary/aromatic N) is 6. The van der Waals surface area contributed by atoms with Crippen molar-refractivity contribution in [3.05, 3.63) is 72.7 Å². The van der Waals surface area contributed by atoms with Gasteiger partial charge >= 0.3 is 0 Å². The fourth-order valence-electron chi connectivity index (χ4n) is 3.68. The molecule has 5 heterocycles. The number of imidazole rings is 1. The fourth-order valence-corrected chi connectivity index (χ4v) is 3.68. The summed E-state index contributed by atoms with van der Waals surface area (Å²) in [5, 5.41) is 4.09. The molecule has 30 heavy (non-hydrogen) atoms. The molecular weight excluding hydrogens is 384 g/mol. The zero-order valence-electron chi connectivity index (χ0n) is 16.2. The molecule has 152 valence electrons. The molecule has 9 nitrogen and oxygen atoms in total. The highest BCUT2D eigenvalue weighted by atomic mass is 16.5. The topological polar surface area (TPSA) is 103 Å². The Morgan fingerprint density at radius 3 is 2.87 bits per heavy atom. The molecule has 9 heteroatoms. The Bertz CT molecular complexity index is 1120. The number of amides is 1. The van der Waals surface area contributed by atoms with E-state index in [4.69, 9.17) is 8.94 Å². The first-order chi connectivity index (χ1) is 14.7. The summed E-state index contributed by atoms with van der Waals surface area (Å²) in [6.45, 7) is 1.89. The first-order valence-electron chi connectivity index (χ1n) is 9.81. The van der Waals surface area contributed by atoms with Gasteiger partial charge in [-0.25, -0.2) is 4.98 Å². The number of hydrogen-bond donors (Lipinski definition) is 0. The van der Waals surface area contributed by atoms with Crippen LogP contribution in [-0.4, -0.2) is 48.6 Å². The van der Waals surface area contributed by atoms with Gasteiger partial charge in [-0.05, 0) is 36.6 Å². The molecule has 1 amide bonds. The Kier molecular flexibility index (Phi) is 4.84. The lowest BCUT2D eigenvalue weighted by Gasteiger charge is -2.14. The van der Waals surface area contributed by atoms with Crippen LogP contribution >= 0.6 is 0 Å². The summed E-state index contributed by atoms with van der Waals surface area (Å²) in [5.41, 5.74) is 0.844. The molecule has 0 radical (unpaired) electrons. The predicted octanol–water partition coefficient (Wildman–Crippen LogP) is 2.67. The molecule has 0 N–H and O–H groups in total. The number of aromatic nitrogens is 5. The molecule has 1 unspecified atom stereocenters. The maximum absolute atomic E-state index is 12.8. The number of likely N-dealkylation sites (tertiary alicyclic amines) is 1. The van der Waals surface area contributed by atoms with E-state index in [9.17, 15) is 4.79 Å². The molecule has 5 rings (SSSR count). The van der Waals surface area contributed by atoms with Crippen molar-refractivity contribution in [2.75, 3.05) is 13.1 Å². The SMILES string of the molecule is O=C(c1ccc(Cn2ccnc2)o1)N1CCC(Cc2noc(-c3ccncc3)n2)C1. The van der Waals surface area contributed by atoms with Crippen molar-refractivity contribution in [3.63, 3.8) is 0 Å². The maximum Gasteiger partial charge on any atom is 0.289 e. The van der Waals surface area contributed by atoms with Crippen LogP contribution in [0.3, 0.4) is 0 Å². The van der Waals surface area contributed by atoms with Crippen LogP contribution in [0.25, 0.3) is 11.5 Å². The molecule has 1 atom stereocenters. The standard InChI is InChI=1S/C21H20N6O3/c28-21(18-2-1-17(29-18)13-26-10-8-23-14-26)27-9-5-15(12-27)11-19-24-20(30-25-19)16-3-6-22-7-4-16/h1-4,6-8,10,14-15H,5,9,11-13H2. The maximum atomic E-state index is 12.8. The van der Waals surface area contributed by atoms with Gasteiger partial charge in [-0.1, -0.05) is 5.16 Å². The van der Waals surface area contributed by atoms with Crippen LogP contribution in [0.15, 0.2) is 64.3 Å². The predicted molar refractivity (Wildman–Crippen MR) is 105 cm³/mol. The Hall–Kier alpha value is -3.75. The molecule has 1 aliphatic rings. The minimum absolute atomic E-state index is 0.0834. The van der Waals surface area contributed by atoms with Crippen molar-refractivity contribution in [1.82, 2.24) is 29.6 Å². The van der Waals surface area contributed by atoms with Gasteiger partial charge in [0.05, 0.1) is 12.9 Å². The number of hydrogen-bond acceptors (Lipinski definition) is 7. The highest BCUT2D eigenvalue weighted by molar-refractivity contribution is 5.91. The lowest BCUT2D eigenvalue weighted by atomic mass is 10.1. The van der Waals surface area contributed by atoms with E-state index < -0.39 is 0 Å². The van der Waals surface area contributed by atoms with Crippen molar-refractivity contribution in [1.29, 1.82) is 0 Å². The molecule has 0 spiro atoms. The van der Waals surface area contributed by atoms with Crippen molar-refractivity contribution < 1.29 is 13.7 Å². The lowest BCUT2D eigenvalue weighted by molar-refractivity contribution is 0.0753. The van der Waals surface area contributed by atoms with Crippen LogP contribution in [0, 0.1) is 5.92 Å². The second kappa shape index (κ2) is 7.94. The molecule has 1 saturated heterocycles. The van der Waals surface area contributed by atoms with E-state index in [0.29, 0.717) is 43.5 Å². The Labute approximate surface area is 172 Å². The van der Waals surface area contributed by atoms with Crippen LogP contribution in [0.1, 0.15) is 28.6 Å². The summed E-state index contributed by atoms with van der Waals surface area (Å²) in [7, 11) is 0. The number of rotatable bonds is 6. The van der Waals surface area contributed by atoms with Gasteiger partial charge < -0.3 is 18.4 Å². The highest BCUT2D eigenvalue weighted by Gasteiger charge is 2.29. The summed E-state index contributed by atoms with van der Waals surface area (Å²) in [4.78, 5) is 27.1. The molecule has 4 aromatic heterocycles. The van der Waals surface area contributed by atoms with Gasteiger partial charge in [0, 0.05) is 49.9 Å². The first kappa shape index (κ1) is 18.3. The third-order valence-corrected chi connectivity index (χ3v) is 5.21. The number of furan rings is 1.